The van der Waals surface area contributed by atoms with Crippen LogP contribution in [0.1, 0.15) is 0 Å². The minimum atomic E-state index is -1.03. The van der Waals surface area contributed by atoms with E-state index in [4.69, 9.17) is 4.74 Å². The summed E-state index contributed by atoms with van der Waals surface area (Å²) in [6.07, 6.45) is 3.09. The fraction of sp³-hybridized carbons (Fsp3) is 0.333. The molecular weight excluding hydrogens is 385 g/mol. The molecule has 1 N–H and O–H groups in total. The van der Waals surface area contributed by atoms with E-state index in [9.17, 15) is 14.7 Å². The highest BCUT2D eigenvalue weighted by Gasteiger charge is 2.67. The smallest absolute Gasteiger partial charge is 0.241 e. The van der Waals surface area contributed by atoms with Gasteiger partial charge in [0.15, 0.2) is 0 Å². The molecule has 3 aliphatic heterocycles. The van der Waals surface area contributed by atoms with Crippen molar-refractivity contribution in [1.82, 2.24) is 0 Å². The van der Waals surface area contributed by atoms with Crippen molar-refractivity contribution < 1.29 is 19.4 Å². The first-order valence-corrected chi connectivity index (χ1v) is 7.77. The van der Waals surface area contributed by atoms with Crippen molar-refractivity contribution in [2.45, 2.75) is 11.7 Å². The van der Waals surface area contributed by atoms with Gasteiger partial charge in [0.05, 0.1) is 30.2 Å². The molecule has 0 unspecified atom stereocenters. The molecule has 0 aromatic heterocycles. The molecule has 5 nitrogen and oxygen atoms in total. The largest absolute Gasteiger partial charge is 0.393 e. The van der Waals surface area contributed by atoms with Crippen LogP contribution in [-0.4, -0.2) is 35.2 Å². The second-order valence-electron chi connectivity index (χ2n) is 5.55. The molecule has 21 heavy (non-hydrogen) atoms. The zero-order valence-electron chi connectivity index (χ0n) is 10.9. The highest BCUT2D eigenvalue weighted by Crippen LogP contribution is 2.52. The van der Waals surface area contributed by atoms with E-state index in [1.807, 2.05) is 12.1 Å². The third-order valence-corrected chi connectivity index (χ3v) is 5.21. The summed E-state index contributed by atoms with van der Waals surface area (Å²) in [5.74, 6) is -1.67. The zero-order chi connectivity index (χ0) is 14.8. The second-order valence-corrected chi connectivity index (χ2v) is 6.79. The van der Waals surface area contributed by atoms with Gasteiger partial charge in [-0.25, -0.2) is 4.90 Å². The third-order valence-electron chi connectivity index (χ3n) is 4.49. The van der Waals surface area contributed by atoms with Crippen molar-refractivity contribution in [3.63, 3.8) is 0 Å². The SMILES string of the molecule is O=C1[C@@H]2[C@@H](C(=O)N1c1ccc(I)cc1)[C@@]1(CO)C=C[C@H]2O1. The van der Waals surface area contributed by atoms with Crippen LogP contribution in [0.3, 0.4) is 0 Å². The Morgan fingerprint density at radius 2 is 1.95 bits per heavy atom. The van der Waals surface area contributed by atoms with Crippen LogP contribution in [0.25, 0.3) is 0 Å². The van der Waals surface area contributed by atoms with E-state index in [2.05, 4.69) is 22.6 Å². The van der Waals surface area contributed by atoms with Gasteiger partial charge in [-0.2, -0.15) is 0 Å². The van der Waals surface area contributed by atoms with Gasteiger partial charge in [0.2, 0.25) is 11.8 Å². The quantitative estimate of drug-likeness (QED) is 0.461. The van der Waals surface area contributed by atoms with E-state index in [0.717, 1.165) is 3.57 Å². The molecule has 6 heteroatoms. The lowest BCUT2D eigenvalue weighted by atomic mass is 9.77. The minimum absolute atomic E-state index is 0.240. The molecule has 0 aliphatic carbocycles. The molecule has 2 amide bonds. The van der Waals surface area contributed by atoms with Crippen LogP contribution in [0.4, 0.5) is 5.69 Å². The Kier molecular flexibility index (Phi) is 2.79. The van der Waals surface area contributed by atoms with E-state index >= 15 is 0 Å². The summed E-state index contributed by atoms with van der Waals surface area (Å²) in [5.41, 5.74) is -0.452. The predicted molar refractivity (Wildman–Crippen MR) is 82.5 cm³/mol. The Labute approximate surface area is 134 Å². The maximum Gasteiger partial charge on any atom is 0.241 e. The van der Waals surface area contributed by atoms with Gasteiger partial charge in [-0.1, -0.05) is 12.2 Å². The Hall–Kier alpha value is -1.25. The molecule has 108 valence electrons. The number of ether oxygens (including phenoxy) is 1. The number of nitrogens with zero attached hydrogens (tertiary/aromatic N) is 1. The molecule has 4 rings (SSSR count). The van der Waals surface area contributed by atoms with E-state index in [1.165, 1.54) is 4.90 Å². The number of fused-ring (bicyclic) bond motifs is 5. The number of hydrogen-bond donors (Lipinski definition) is 1. The van der Waals surface area contributed by atoms with Crippen LogP contribution in [0, 0.1) is 15.4 Å². The molecule has 2 fully saturated rings. The Balaban J connectivity index is 1.77. The van der Waals surface area contributed by atoms with Gasteiger partial charge in [-0.05, 0) is 46.9 Å². The molecule has 1 aromatic carbocycles. The number of benzene rings is 1. The maximum absolute atomic E-state index is 12.7. The molecule has 3 heterocycles. The van der Waals surface area contributed by atoms with E-state index < -0.39 is 23.5 Å². The summed E-state index contributed by atoms with van der Waals surface area (Å²) in [5, 5.41) is 9.63. The van der Waals surface area contributed by atoms with Crippen LogP contribution >= 0.6 is 22.6 Å². The number of imide groups is 1. The van der Waals surface area contributed by atoms with Gasteiger partial charge in [-0.15, -0.1) is 0 Å². The first-order valence-electron chi connectivity index (χ1n) is 6.69. The van der Waals surface area contributed by atoms with Gasteiger partial charge in [0.25, 0.3) is 0 Å². The van der Waals surface area contributed by atoms with Crippen LogP contribution in [0.2, 0.25) is 0 Å². The average molecular weight is 397 g/mol. The summed E-state index contributed by atoms with van der Waals surface area (Å²) in [7, 11) is 0. The molecule has 2 saturated heterocycles. The summed E-state index contributed by atoms with van der Waals surface area (Å²) >= 11 is 2.17. The number of carbonyl (C=O) groups is 2. The van der Waals surface area contributed by atoms with E-state index in [0.29, 0.717) is 5.69 Å². The van der Waals surface area contributed by atoms with Crippen molar-refractivity contribution in [2.24, 2.45) is 11.8 Å². The van der Waals surface area contributed by atoms with Crippen molar-refractivity contribution in [2.75, 3.05) is 11.5 Å². The highest BCUT2D eigenvalue weighted by atomic mass is 127. The van der Waals surface area contributed by atoms with Gasteiger partial charge in [-0.3, -0.25) is 9.59 Å². The molecule has 1 aromatic rings. The number of aliphatic hydroxyl groups excluding tert-OH is 1. The van der Waals surface area contributed by atoms with Gasteiger partial charge in [0.1, 0.15) is 5.60 Å². The minimum Gasteiger partial charge on any atom is -0.393 e. The highest BCUT2D eigenvalue weighted by molar-refractivity contribution is 14.1. The second kappa shape index (κ2) is 4.37. The molecule has 4 atom stereocenters. The first kappa shape index (κ1) is 13.4. The van der Waals surface area contributed by atoms with Crippen LogP contribution in [0.5, 0.6) is 0 Å². The van der Waals surface area contributed by atoms with Gasteiger partial charge in [0, 0.05) is 3.57 Å². The lowest BCUT2D eigenvalue weighted by molar-refractivity contribution is -0.128. The third kappa shape index (κ3) is 1.63. The van der Waals surface area contributed by atoms with Crippen LogP contribution in [0.15, 0.2) is 36.4 Å². The number of hydrogen-bond acceptors (Lipinski definition) is 4. The first-order chi connectivity index (χ1) is 10.1. The van der Waals surface area contributed by atoms with Crippen molar-refractivity contribution in [3.8, 4) is 0 Å². The molecule has 0 radical (unpaired) electrons. The number of aliphatic hydroxyl groups is 1. The Bertz CT molecular complexity index is 671. The number of anilines is 1. The standard InChI is InChI=1S/C15H12INO4/c16-8-1-3-9(4-2-8)17-13(19)11-10-5-6-15(7-18,21-10)12(11)14(17)20/h1-6,10-12,18H,7H2/t10-,11+,12+,15+/m1/s1. The van der Waals surface area contributed by atoms with Crippen LogP contribution < -0.4 is 4.90 Å². The summed E-state index contributed by atoms with van der Waals surface area (Å²) in [4.78, 5) is 26.6. The predicted octanol–water partition coefficient (Wildman–Crippen LogP) is 1.10. The number of carbonyl (C=O) groups excluding carboxylic acids is 2. The van der Waals surface area contributed by atoms with E-state index in [1.54, 1.807) is 24.3 Å². The van der Waals surface area contributed by atoms with Crippen LogP contribution in [-0.2, 0) is 14.3 Å². The van der Waals surface area contributed by atoms with E-state index in [-0.39, 0.29) is 18.4 Å². The number of halogens is 1. The Morgan fingerprint density at radius 1 is 1.24 bits per heavy atom. The monoisotopic (exact) mass is 397 g/mol. The Morgan fingerprint density at radius 3 is 2.62 bits per heavy atom. The molecule has 3 aliphatic rings. The molecular formula is C15H12INO4. The lowest BCUT2D eigenvalue weighted by Gasteiger charge is -2.26. The summed E-state index contributed by atoms with van der Waals surface area (Å²) in [6, 6.07) is 7.24. The summed E-state index contributed by atoms with van der Waals surface area (Å²) < 4.78 is 6.72. The van der Waals surface area contributed by atoms with Gasteiger partial charge < -0.3 is 9.84 Å². The van der Waals surface area contributed by atoms with Gasteiger partial charge >= 0.3 is 0 Å². The average Bonchev–Trinajstić information content (AvgIpc) is 3.12. The lowest BCUT2D eigenvalue weighted by Crippen LogP contribution is -2.43. The maximum atomic E-state index is 12.7. The normalized spacial score (nSPS) is 36.7. The molecule has 0 saturated carbocycles. The fourth-order valence-corrected chi connectivity index (χ4v) is 3.89. The topological polar surface area (TPSA) is 66.8 Å². The number of rotatable bonds is 2. The molecule has 2 bridgehead atoms. The fourth-order valence-electron chi connectivity index (χ4n) is 3.53. The molecule has 0 spiro atoms. The van der Waals surface area contributed by atoms with Crippen molar-refractivity contribution in [1.29, 1.82) is 0 Å². The van der Waals surface area contributed by atoms with Crippen molar-refractivity contribution >= 4 is 40.1 Å². The van der Waals surface area contributed by atoms with Crippen molar-refractivity contribution in [3.05, 3.63) is 40.0 Å². The zero-order valence-corrected chi connectivity index (χ0v) is 13.1. The summed E-state index contributed by atoms with van der Waals surface area (Å²) in [6.45, 7) is -0.291. The number of amides is 2.